The molecule has 0 aromatic heterocycles. The lowest BCUT2D eigenvalue weighted by atomic mass is 10.0. The van der Waals surface area contributed by atoms with Crippen molar-refractivity contribution in [2.45, 2.75) is 38.8 Å². The number of ether oxygens (including phenoxy) is 1. The third-order valence-corrected chi connectivity index (χ3v) is 3.59. The quantitative estimate of drug-likeness (QED) is 0.749. The van der Waals surface area contributed by atoms with Crippen LogP contribution in [0.5, 0.6) is 0 Å². The average molecular weight is 358 g/mol. The summed E-state index contributed by atoms with van der Waals surface area (Å²) in [6, 6.07) is 6.63. The Morgan fingerprint density at radius 2 is 1.95 bits per heavy atom. The highest BCUT2D eigenvalue weighted by Crippen LogP contribution is 2.19. The number of carbonyl (C=O) groups excluding carboxylic acids is 1. The van der Waals surface area contributed by atoms with Gasteiger partial charge in [0.1, 0.15) is 6.61 Å². The average Bonchev–Trinajstić information content (AvgIpc) is 2.44. The van der Waals surface area contributed by atoms with Gasteiger partial charge in [0.25, 0.3) is 0 Å². The van der Waals surface area contributed by atoms with Crippen molar-refractivity contribution in [3.05, 3.63) is 34.3 Å². The molecule has 2 unspecified atom stereocenters. The van der Waals surface area contributed by atoms with Gasteiger partial charge in [-0.1, -0.05) is 35.0 Å². The number of hydrogen-bond donors (Lipinski definition) is 2. The normalized spacial score (nSPS) is 13.5. The molecular weight excluding hydrogens is 338 g/mol. The highest BCUT2D eigenvalue weighted by atomic mass is 79.9. The van der Waals surface area contributed by atoms with Crippen LogP contribution in [0.4, 0.5) is 0 Å². The number of halogens is 1. The summed E-state index contributed by atoms with van der Waals surface area (Å²) in [5.74, 6) is -1.28. The van der Waals surface area contributed by atoms with Crippen molar-refractivity contribution in [2.24, 2.45) is 0 Å². The van der Waals surface area contributed by atoms with Gasteiger partial charge in [-0.15, -0.1) is 0 Å². The maximum atomic E-state index is 11.9. The second-order valence-electron chi connectivity index (χ2n) is 4.80. The topological polar surface area (TPSA) is 75.6 Å². The summed E-state index contributed by atoms with van der Waals surface area (Å²) in [5.41, 5.74) is 0.748. The second kappa shape index (κ2) is 8.79. The van der Waals surface area contributed by atoms with Gasteiger partial charge in [-0.25, -0.2) is 0 Å². The Morgan fingerprint density at radius 3 is 2.48 bits per heavy atom. The Bertz CT molecular complexity index is 475. The molecule has 0 bridgehead atoms. The predicted octanol–water partition coefficient (Wildman–Crippen LogP) is 2.90. The first-order valence-electron chi connectivity index (χ1n) is 6.80. The van der Waals surface area contributed by atoms with Crippen molar-refractivity contribution in [2.75, 3.05) is 6.61 Å². The van der Waals surface area contributed by atoms with Gasteiger partial charge in [0, 0.05) is 4.47 Å². The fourth-order valence-corrected chi connectivity index (χ4v) is 1.96. The molecule has 0 saturated heterocycles. The van der Waals surface area contributed by atoms with Gasteiger partial charge in [-0.2, -0.15) is 0 Å². The minimum absolute atomic E-state index is 0.00125. The van der Waals surface area contributed by atoms with Crippen LogP contribution in [0.2, 0.25) is 0 Å². The molecular formula is C15H20BrNO4. The summed E-state index contributed by atoms with van der Waals surface area (Å²) in [5, 5.41) is 11.7. The van der Waals surface area contributed by atoms with Crippen LogP contribution in [-0.4, -0.2) is 29.7 Å². The molecule has 2 N–H and O–H groups in total. The second-order valence-corrected chi connectivity index (χ2v) is 5.72. The summed E-state index contributed by atoms with van der Waals surface area (Å²) >= 11 is 3.32. The first-order chi connectivity index (χ1) is 9.92. The molecule has 0 aliphatic rings. The Labute approximate surface area is 132 Å². The van der Waals surface area contributed by atoms with Gasteiger partial charge in [-0.3, -0.25) is 9.59 Å². The zero-order chi connectivity index (χ0) is 15.8. The number of carbonyl (C=O) groups is 2. The van der Waals surface area contributed by atoms with E-state index < -0.39 is 12.0 Å². The molecule has 0 fully saturated rings. The molecule has 0 saturated carbocycles. The third kappa shape index (κ3) is 6.73. The first kappa shape index (κ1) is 17.7. The molecule has 1 rings (SSSR count). The first-order valence-corrected chi connectivity index (χ1v) is 7.59. The van der Waals surface area contributed by atoms with Gasteiger partial charge in [-0.05, 0) is 31.0 Å². The number of benzene rings is 1. The van der Waals surface area contributed by atoms with Crippen LogP contribution < -0.4 is 5.32 Å². The van der Waals surface area contributed by atoms with E-state index >= 15 is 0 Å². The zero-order valence-corrected chi connectivity index (χ0v) is 13.7. The Kier molecular flexibility index (Phi) is 7.39. The number of rotatable bonds is 8. The maximum Gasteiger partial charge on any atom is 0.305 e. The highest BCUT2D eigenvalue weighted by molar-refractivity contribution is 9.10. The van der Waals surface area contributed by atoms with Gasteiger partial charge < -0.3 is 15.2 Å². The molecule has 0 aliphatic heterocycles. The summed E-state index contributed by atoms with van der Waals surface area (Å²) in [4.78, 5) is 22.8. The van der Waals surface area contributed by atoms with Crippen LogP contribution in [0.3, 0.4) is 0 Å². The van der Waals surface area contributed by atoms with E-state index in [0.717, 1.165) is 16.5 Å². The van der Waals surface area contributed by atoms with E-state index in [1.165, 1.54) is 0 Å². The predicted molar refractivity (Wildman–Crippen MR) is 83.0 cm³/mol. The summed E-state index contributed by atoms with van der Waals surface area (Å²) in [6.07, 6.45) is 0.649. The van der Waals surface area contributed by atoms with Crippen molar-refractivity contribution in [3.8, 4) is 0 Å². The van der Waals surface area contributed by atoms with Crippen LogP contribution in [0.25, 0.3) is 0 Å². The molecule has 0 aliphatic carbocycles. The minimum Gasteiger partial charge on any atom is -0.481 e. The number of hydrogen-bond acceptors (Lipinski definition) is 3. The largest absolute Gasteiger partial charge is 0.481 e. The van der Waals surface area contributed by atoms with E-state index in [0.29, 0.717) is 0 Å². The Balaban J connectivity index is 2.67. The molecule has 0 radical (unpaired) electrons. The monoisotopic (exact) mass is 357 g/mol. The standard InChI is InChI=1S/C15H20BrNO4/c1-3-10(2)21-9-14(18)17-13(8-15(19)20)11-4-6-12(16)7-5-11/h4-7,10,13H,3,8-9H2,1-2H3,(H,17,18)(H,19,20). The zero-order valence-electron chi connectivity index (χ0n) is 12.1. The molecule has 0 heterocycles. The molecule has 2 atom stereocenters. The molecule has 21 heavy (non-hydrogen) atoms. The van der Waals surface area contributed by atoms with Crippen molar-refractivity contribution < 1.29 is 19.4 Å². The maximum absolute atomic E-state index is 11.9. The van der Waals surface area contributed by atoms with E-state index in [1.807, 2.05) is 26.0 Å². The fraction of sp³-hybridized carbons (Fsp3) is 0.467. The molecule has 1 amide bonds. The SMILES string of the molecule is CCC(C)OCC(=O)NC(CC(=O)O)c1ccc(Br)cc1. The van der Waals surface area contributed by atoms with Gasteiger partial charge >= 0.3 is 5.97 Å². The van der Waals surface area contributed by atoms with Crippen molar-refractivity contribution in [1.29, 1.82) is 0 Å². The number of aliphatic carboxylic acids is 1. The molecule has 6 heteroatoms. The molecule has 0 spiro atoms. The summed E-state index contributed by atoms with van der Waals surface area (Å²) < 4.78 is 6.24. The number of amides is 1. The Hall–Kier alpha value is -1.40. The fourth-order valence-electron chi connectivity index (χ4n) is 1.69. The van der Waals surface area contributed by atoms with Gasteiger partial charge in [0.15, 0.2) is 0 Å². The molecule has 1 aromatic carbocycles. The lowest BCUT2D eigenvalue weighted by Gasteiger charge is -2.18. The third-order valence-electron chi connectivity index (χ3n) is 3.06. The lowest BCUT2D eigenvalue weighted by molar-refractivity contribution is -0.138. The van der Waals surface area contributed by atoms with E-state index in [1.54, 1.807) is 12.1 Å². The van der Waals surface area contributed by atoms with E-state index in [2.05, 4.69) is 21.2 Å². The number of carboxylic acids is 1. The van der Waals surface area contributed by atoms with Gasteiger partial charge in [0.2, 0.25) is 5.91 Å². The minimum atomic E-state index is -0.967. The van der Waals surface area contributed by atoms with Crippen LogP contribution >= 0.6 is 15.9 Å². The lowest BCUT2D eigenvalue weighted by Crippen LogP contribution is -2.33. The van der Waals surface area contributed by atoms with Crippen LogP contribution in [-0.2, 0) is 14.3 Å². The Morgan fingerprint density at radius 1 is 1.33 bits per heavy atom. The summed E-state index contributed by atoms with van der Waals surface area (Å²) in [7, 11) is 0. The van der Waals surface area contributed by atoms with E-state index in [4.69, 9.17) is 9.84 Å². The van der Waals surface area contributed by atoms with Gasteiger partial charge in [0.05, 0.1) is 18.6 Å². The highest BCUT2D eigenvalue weighted by Gasteiger charge is 2.18. The molecule has 1 aromatic rings. The smallest absolute Gasteiger partial charge is 0.305 e. The summed E-state index contributed by atoms with van der Waals surface area (Å²) in [6.45, 7) is 3.79. The van der Waals surface area contributed by atoms with E-state index in [-0.39, 0.29) is 25.0 Å². The van der Waals surface area contributed by atoms with E-state index in [9.17, 15) is 9.59 Å². The van der Waals surface area contributed by atoms with Crippen LogP contribution in [0, 0.1) is 0 Å². The van der Waals surface area contributed by atoms with Crippen LogP contribution in [0.15, 0.2) is 28.7 Å². The van der Waals surface area contributed by atoms with Crippen molar-refractivity contribution in [3.63, 3.8) is 0 Å². The van der Waals surface area contributed by atoms with Crippen molar-refractivity contribution >= 4 is 27.8 Å². The molecule has 5 nitrogen and oxygen atoms in total. The van der Waals surface area contributed by atoms with Crippen molar-refractivity contribution in [1.82, 2.24) is 5.32 Å². The van der Waals surface area contributed by atoms with Crippen LogP contribution in [0.1, 0.15) is 38.3 Å². The number of carboxylic acid groups (broad SMARTS) is 1. The number of nitrogens with one attached hydrogen (secondary N) is 1. The molecule has 116 valence electrons.